The first-order chi connectivity index (χ1) is 10.3. The molecule has 0 aliphatic heterocycles. The maximum Gasteiger partial charge on any atom is 0.0705 e. The summed E-state index contributed by atoms with van der Waals surface area (Å²) in [7, 11) is 2.00. The van der Waals surface area contributed by atoms with E-state index in [2.05, 4.69) is 65.1 Å². The van der Waals surface area contributed by atoms with Crippen LogP contribution in [0.2, 0.25) is 0 Å². The Morgan fingerprint density at radius 1 is 1.00 bits per heavy atom. The Labute approximate surface area is 129 Å². The number of thioether (sulfide) groups is 1. The fourth-order valence-corrected chi connectivity index (χ4v) is 2.99. The molecule has 0 bridgehead atoms. The van der Waals surface area contributed by atoms with Gasteiger partial charge in [0.25, 0.3) is 0 Å². The van der Waals surface area contributed by atoms with Crippen LogP contribution in [0, 0.1) is 0 Å². The summed E-state index contributed by atoms with van der Waals surface area (Å²) in [6.45, 7) is 0. The number of aromatic nitrogens is 1. The molecule has 0 saturated carbocycles. The second kappa shape index (κ2) is 6.29. The summed E-state index contributed by atoms with van der Waals surface area (Å²) in [4.78, 5) is 5.73. The molecule has 1 heterocycles. The zero-order valence-corrected chi connectivity index (χ0v) is 13.0. The van der Waals surface area contributed by atoms with E-state index >= 15 is 0 Å². The molecule has 3 aromatic rings. The Morgan fingerprint density at radius 3 is 2.48 bits per heavy atom. The lowest BCUT2D eigenvalue weighted by Crippen LogP contribution is -2.17. The third-order valence-corrected chi connectivity index (χ3v) is 4.44. The molecule has 3 rings (SSSR count). The SMILES string of the molecule is CNC(c1ccc(SC)cc1)c1ccc2cccnc2c1. The Balaban J connectivity index is 2.00. The minimum atomic E-state index is 0.187. The molecule has 2 aromatic carbocycles. The first kappa shape index (κ1) is 14.1. The Bertz CT molecular complexity index is 738. The lowest BCUT2D eigenvalue weighted by atomic mass is 9.98. The van der Waals surface area contributed by atoms with Gasteiger partial charge in [-0.15, -0.1) is 11.8 Å². The number of hydrogen-bond acceptors (Lipinski definition) is 3. The van der Waals surface area contributed by atoms with E-state index < -0.39 is 0 Å². The van der Waals surface area contributed by atoms with Gasteiger partial charge >= 0.3 is 0 Å². The van der Waals surface area contributed by atoms with Crippen LogP contribution in [0.15, 0.2) is 65.7 Å². The number of nitrogens with zero attached hydrogens (tertiary/aromatic N) is 1. The molecule has 0 aliphatic carbocycles. The number of fused-ring (bicyclic) bond motifs is 1. The average Bonchev–Trinajstić information content (AvgIpc) is 2.56. The van der Waals surface area contributed by atoms with Crippen LogP contribution in [0.25, 0.3) is 10.9 Å². The average molecular weight is 294 g/mol. The fourth-order valence-electron chi connectivity index (χ4n) is 2.59. The van der Waals surface area contributed by atoms with Crippen LogP contribution < -0.4 is 5.32 Å². The van der Waals surface area contributed by atoms with Gasteiger partial charge in [-0.25, -0.2) is 0 Å². The van der Waals surface area contributed by atoms with Crippen molar-refractivity contribution in [1.29, 1.82) is 0 Å². The van der Waals surface area contributed by atoms with Crippen LogP contribution >= 0.6 is 11.8 Å². The molecule has 2 nitrogen and oxygen atoms in total. The molecule has 0 radical (unpaired) electrons. The summed E-state index contributed by atoms with van der Waals surface area (Å²) < 4.78 is 0. The lowest BCUT2D eigenvalue weighted by Gasteiger charge is -2.18. The van der Waals surface area contributed by atoms with Crippen molar-refractivity contribution in [3.8, 4) is 0 Å². The summed E-state index contributed by atoms with van der Waals surface area (Å²) in [5, 5.41) is 4.58. The summed E-state index contributed by atoms with van der Waals surface area (Å²) in [5.41, 5.74) is 3.54. The summed E-state index contributed by atoms with van der Waals surface area (Å²) >= 11 is 1.76. The second-order valence-electron chi connectivity index (χ2n) is 4.95. The normalized spacial score (nSPS) is 12.5. The summed E-state index contributed by atoms with van der Waals surface area (Å²) in [5.74, 6) is 0. The third-order valence-electron chi connectivity index (χ3n) is 3.70. The highest BCUT2D eigenvalue weighted by Gasteiger charge is 2.12. The number of rotatable bonds is 4. The van der Waals surface area contributed by atoms with Crippen LogP contribution in [0.1, 0.15) is 17.2 Å². The minimum Gasteiger partial charge on any atom is -0.309 e. The molecule has 3 heteroatoms. The quantitative estimate of drug-likeness (QED) is 0.728. The van der Waals surface area contributed by atoms with E-state index in [4.69, 9.17) is 0 Å². The van der Waals surface area contributed by atoms with Gasteiger partial charge in [0.15, 0.2) is 0 Å². The molecule has 0 aliphatic rings. The molecular weight excluding hydrogens is 276 g/mol. The van der Waals surface area contributed by atoms with Crippen LogP contribution in [-0.2, 0) is 0 Å². The molecular formula is C18H18N2S. The van der Waals surface area contributed by atoms with Crippen LogP contribution in [-0.4, -0.2) is 18.3 Å². The van der Waals surface area contributed by atoms with Gasteiger partial charge in [0.2, 0.25) is 0 Å². The van der Waals surface area contributed by atoms with Gasteiger partial charge in [-0.05, 0) is 48.7 Å². The molecule has 1 aromatic heterocycles. The van der Waals surface area contributed by atoms with Crippen molar-refractivity contribution in [2.24, 2.45) is 0 Å². The second-order valence-corrected chi connectivity index (χ2v) is 5.83. The number of nitrogens with one attached hydrogen (secondary N) is 1. The molecule has 0 fully saturated rings. The molecule has 1 atom stereocenters. The van der Waals surface area contributed by atoms with Crippen molar-refractivity contribution >= 4 is 22.7 Å². The number of pyridine rings is 1. The minimum absolute atomic E-state index is 0.187. The van der Waals surface area contributed by atoms with Crippen molar-refractivity contribution in [3.05, 3.63) is 71.9 Å². The first-order valence-electron chi connectivity index (χ1n) is 6.97. The van der Waals surface area contributed by atoms with Gasteiger partial charge in [-0.3, -0.25) is 4.98 Å². The van der Waals surface area contributed by atoms with Crippen LogP contribution in [0.3, 0.4) is 0 Å². The van der Waals surface area contributed by atoms with Crippen molar-refractivity contribution in [1.82, 2.24) is 10.3 Å². The van der Waals surface area contributed by atoms with Crippen LogP contribution in [0.5, 0.6) is 0 Å². The third kappa shape index (κ3) is 2.94. The molecule has 0 spiro atoms. The van der Waals surface area contributed by atoms with E-state index in [1.165, 1.54) is 21.4 Å². The van der Waals surface area contributed by atoms with E-state index in [0.717, 1.165) is 5.52 Å². The first-order valence-corrected chi connectivity index (χ1v) is 8.20. The molecule has 0 saturated heterocycles. The van der Waals surface area contributed by atoms with Crippen molar-refractivity contribution in [3.63, 3.8) is 0 Å². The topological polar surface area (TPSA) is 24.9 Å². The Kier molecular flexibility index (Phi) is 4.23. The van der Waals surface area contributed by atoms with E-state index in [1.54, 1.807) is 11.8 Å². The van der Waals surface area contributed by atoms with E-state index in [-0.39, 0.29) is 6.04 Å². The standard InChI is InChI=1S/C18H18N2S/c1-19-18(14-7-9-16(21-2)10-8-14)15-6-5-13-4-3-11-20-17(13)12-15/h3-12,18-19H,1-2H3. The van der Waals surface area contributed by atoms with Gasteiger partial charge in [-0.2, -0.15) is 0 Å². The van der Waals surface area contributed by atoms with Crippen molar-refractivity contribution < 1.29 is 0 Å². The van der Waals surface area contributed by atoms with Gasteiger partial charge in [0.1, 0.15) is 0 Å². The van der Waals surface area contributed by atoms with Gasteiger partial charge in [0.05, 0.1) is 11.6 Å². The largest absolute Gasteiger partial charge is 0.309 e. The zero-order valence-electron chi connectivity index (χ0n) is 12.2. The van der Waals surface area contributed by atoms with E-state index in [9.17, 15) is 0 Å². The molecule has 1 unspecified atom stereocenters. The Morgan fingerprint density at radius 2 is 1.76 bits per heavy atom. The molecule has 0 amide bonds. The van der Waals surface area contributed by atoms with Crippen molar-refractivity contribution in [2.45, 2.75) is 10.9 Å². The molecule has 1 N–H and O–H groups in total. The van der Waals surface area contributed by atoms with Gasteiger partial charge in [-0.1, -0.05) is 30.3 Å². The van der Waals surface area contributed by atoms with Crippen molar-refractivity contribution in [2.75, 3.05) is 13.3 Å². The highest BCUT2D eigenvalue weighted by Crippen LogP contribution is 2.26. The molecule has 21 heavy (non-hydrogen) atoms. The maximum absolute atomic E-state index is 4.45. The predicted octanol–water partition coefficient (Wildman–Crippen LogP) is 4.27. The zero-order chi connectivity index (χ0) is 14.7. The highest BCUT2D eigenvalue weighted by atomic mass is 32.2. The van der Waals surface area contributed by atoms with Crippen LogP contribution in [0.4, 0.5) is 0 Å². The number of hydrogen-bond donors (Lipinski definition) is 1. The monoisotopic (exact) mass is 294 g/mol. The molecule has 106 valence electrons. The van der Waals surface area contributed by atoms with Gasteiger partial charge in [0, 0.05) is 16.5 Å². The Hall–Kier alpha value is -1.84. The maximum atomic E-state index is 4.45. The predicted molar refractivity (Wildman–Crippen MR) is 90.9 cm³/mol. The summed E-state index contributed by atoms with van der Waals surface area (Å²) in [6, 6.07) is 19.4. The lowest BCUT2D eigenvalue weighted by molar-refractivity contribution is 0.692. The van der Waals surface area contributed by atoms with E-state index in [0.29, 0.717) is 0 Å². The van der Waals surface area contributed by atoms with E-state index in [1.807, 2.05) is 19.3 Å². The highest BCUT2D eigenvalue weighted by molar-refractivity contribution is 7.98. The van der Waals surface area contributed by atoms with Gasteiger partial charge < -0.3 is 5.32 Å². The smallest absolute Gasteiger partial charge is 0.0705 e. The number of benzene rings is 2. The fraction of sp³-hybridized carbons (Fsp3) is 0.167. The summed E-state index contributed by atoms with van der Waals surface area (Å²) in [6.07, 6.45) is 3.94.